The molecule has 3 aromatic heterocycles. The summed E-state index contributed by atoms with van der Waals surface area (Å²) in [6.45, 7) is 3.96. The SMILES string of the molecule is Cc1ccc2cccc([O][Ga]([O]c3c(-c4ccccc4)sc4ccccc34)[O]c3cccc4ccc(C)nc34)c2n1. The first-order valence-corrected chi connectivity index (χ1v) is 17.2. The second-order valence-electron chi connectivity index (χ2n) is 9.83. The molecule has 0 fully saturated rings. The van der Waals surface area contributed by atoms with Crippen LogP contribution in [-0.2, 0) is 0 Å². The summed E-state index contributed by atoms with van der Waals surface area (Å²) < 4.78 is 21.5. The molecule has 5 nitrogen and oxygen atoms in total. The molecule has 3 heterocycles. The van der Waals surface area contributed by atoms with Gasteiger partial charge in [-0.15, -0.1) is 0 Å². The van der Waals surface area contributed by atoms with Crippen LogP contribution in [0.1, 0.15) is 11.4 Å². The molecule has 198 valence electrons. The van der Waals surface area contributed by atoms with Gasteiger partial charge in [-0.25, -0.2) is 0 Å². The molecular weight excluding hydrogens is 586 g/mol. The number of aryl methyl sites for hydroxylation is 2. The topological polar surface area (TPSA) is 53.5 Å². The summed E-state index contributed by atoms with van der Waals surface area (Å²) in [5.74, 6) is 2.10. The summed E-state index contributed by atoms with van der Waals surface area (Å²) in [5, 5.41) is 3.04. The van der Waals surface area contributed by atoms with Crippen LogP contribution in [0.2, 0.25) is 0 Å². The Kier molecular flexibility index (Phi) is 6.84. The second-order valence-corrected chi connectivity index (χ2v) is 13.6. The first-order chi connectivity index (χ1) is 20.1. The number of hydrogen-bond acceptors (Lipinski definition) is 6. The van der Waals surface area contributed by atoms with Crippen LogP contribution >= 0.6 is 11.3 Å². The van der Waals surface area contributed by atoms with Crippen LogP contribution in [0.25, 0.3) is 42.3 Å². The maximum atomic E-state index is 6.92. The number of para-hydroxylation sites is 2. The molecule has 0 radical (unpaired) electrons. The van der Waals surface area contributed by atoms with Crippen molar-refractivity contribution in [2.75, 3.05) is 0 Å². The summed E-state index contributed by atoms with van der Waals surface area (Å²) in [5.41, 5.74) is 4.52. The minimum absolute atomic E-state index is 0.654. The number of pyridine rings is 2. The Labute approximate surface area is 248 Å². The number of nitrogens with zero attached hydrogens (tertiary/aromatic N) is 2. The third-order valence-electron chi connectivity index (χ3n) is 6.89. The number of rotatable bonds is 7. The summed E-state index contributed by atoms with van der Waals surface area (Å²) >= 11 is -1.89. The molecule has 0 aliphatic rings. The average molecular weight is 611 g/mol. The quantitative estimate of drug-likeness (QED) is 0.169. The van der Waals surface area contributed by atoms with Crippen molar-refractivity contribution in [3.63, 3.8) is 0 Å². The standard InChI is InChI=1S/C14H10OS.2C10H9NO.Ga/c15-13-11-8-4-5-9-12(11)16-14(13)10-6-2-1-3-7-10;2*1-7-5-6-8-3-2-4-9(12)10(8)11-7;/h1-9,15H;2*2-6,12H,1H3;/q;;;+3/p-3. The predicted molar refractivity (Wildman–Crippen MR) is 168 cm³/mol. The molecule has 0 aliphatic carbocycles. The van der Waals surface area contributed by atoms with Crippen LogP contribution in [0.4, 0.5) is 0 Å². The van der Waals surface area contributed by atoms with E-state index in [4.69, 9.17) is 20.6 Å². The number of fused-ring (bicyclic) bond motifs is 3. The van der Waals surface area contributed by atoms with Crippen molar-refractivity contribution in [2.45, 2.75) is 13.8 Å². The molecule has 7 heteroatoms. The van der Waals surface area contributed by atoms with Crippen LogP contribution in [-0.4, -0.2) is 27.3 Å². The van der Waals surface area contributed by atoms with Gasteiger partial charge in [-0.3, -0.25) is 0 Å². The third kappa shape index (κ3) is 5.15. The van der Waals surface area contributed by atoms with E-state index < -0.39 is 17.3 Å². The zero-order chi connectivity index (χ0) is 27.8. The van der Waals surface area contributed by atoms with Crippen molar-refractivity contribution in [3.8, 4) is 27.7 Å². The molecule has 41 heavy (non-hydrogen) atoms. The number of benzene rings is 4. The Bertz CT molecular complexity index is 1940. The van der Waals surface area contributed by atoms with Gasteiger partial charge in [-0.1, -0.05) is 0 Å². The maximum absolute atomic E-state index is 6.92. The van der Waals surface area contributed by atoms with E-state index in [1.807, 2.05) is 86.6 Å². The fourth-order valence-electron chi connectivity index (χ4n) is 4.92. The van der Waals surface area contributed by atoms with E-state index in [0.717, 1.165) is 59.5 Å². The number of aromatic nitrogens is 2. The van der Waals surface area contributed by atoms with Crippen molar-refractivity contribution >= 4 is 60.5 Å². The Morgan fingerprint density at radius 2 is 1.15 bits per heavy atom. The van der Waals surface area contributed by atoms with Crippen LogP contribution in [0.3, 0.4) is 0 Å². The van der Waals surface area contributed by atoms with Crippen molar-refractivity contribution in [2.24, 2.45) is 0 Å². The second kappa shape index (κ2) is 10.9. The van der Waals surface area contributed by atoms with Gasteiger partial charge in [0.1, 0.15) is 0 Å². The van der Waals surface area contributed by atoms with Gasteiger partial charge in [0, 0.05) is 0 Å². The van der Waals surface area contributed by atoms with Crippen molar-refractivity contribution in [1.29, 1.82) is 0 Å². The van der Waals surface area contributed by atoms with Crippen LogP contribution < -0.4 is 10.6 Å². The molecule has 4 aromatic carbocycles. The fourth-order valence-corrected chi connectivity index (χ4v) is 9.13. The van der Waals surface area contributed by atoms with Crippen LogP contribution in [0.5, 0.6) is 17.2 Å². The molecular formula is C34H25GaN2O3S. The van der Waals surface area contributed by atoms with Crippen LogP contribution in [0.15, 0.2) is 115 Å². The van der Waals surface area contributed by atoms with Crippen LogP contribution in [0, 0.1) is 13.8 Å². The van der Waals surface area contributed by atoms with E-state index in [1.54, 1.807) is 11.3 Å². The summed E-state index contributed by atoms with van der Waals surface area (Å²) in [6, 6.07) is 38.7. The molecule has 7 rings (SSSR count). The van der Waals surface area contributed by atoms with Crippen molar-refractivity contribution in [3.05, 3.63) is 127 Å². The first-order valence-electron chi connectivity index (χ1n) is 13.4. The predicted octanol–water partition coefficient (Wildman–Crippen LogP) is 8.80. The molecule has 0 atom stereocenters. The average Bonchev–Trinajstić information content (AvgIpc) is 3.36. The van der Waals surface area contributed by atoms with Gasteiger partial charge in [0.25, 0.3) is 0 Å². The van der Waals surface area contributed by atoms with Crippen molar-refractivity contribution < 1.29 is 10.6 Å². The van der Waals surface area contributed by atoms with E-state index >= 15 is 0 Å². The number of thiophene rings is 1. The van der Waals surface area contributed by atoms with E-state index in [9.17, 15) is 0 Å². The van der Waals surface area contributed by atoms with Gasteiger partial charge < -0.3 is 0 Å². The first kappa shape index (κ1) is 25.7. The van der Waals surface area contributed by atoms with Gasteiger partial charge >= 0.3 is 249 Å². The Balaban J connectivity index is 1.36. The zero-order valence-corrected chi connectivity index (χ0v) is 25.8. The number of hydrogen-bond donors (Lipinski definition) is 0. The molecule has 0 aliphatic heterocycles. The van der Waals surface area contributed by atoms with E-state index in [2.05, 4.69) is 42.5 Å². The molecule has 0 amide bonds. The van der Waals surface area contributed by atoms with Gasteiger partial charge in [-0.2, -0.15) is 0 Å². The van der Waals surface area contributed by atoms with E-state index in [1.165, 1.54) is 0 Å². The van der Waals surface area contributed by atoms with Gasteiger partial charge in [-0.05, 0) is 0 Å². The van der Waals surface area contributed by atoms with Gasteiger partial charge in [0.2, 0.25) is 0 Å². The molecule has 0 unspecified atom stereocenters. The molecule has 0 spiro atoms. The Morgan fingerprint density at radius 1 is 0.561 bits per heavy atom. The molecule has 0 saturated carbocycles. The molecule has 7 aromatic rings. The summed E-state index contributed by atoms with van der Waals surface area (Å²) in [7, 11) is 0. The van der Waals surface area contributed by atoms with E-state index in [0.29, 0.717) is 11.5 Å². The zero-order valence-electron chi connectivity index (χ0n) is 22.6. The van der Waals surface area contributed by atoms with Gasteiger partial charge in [0.15, 0.2) is 0 Å². The Hall–Kier alpha value is -4.30. The fraction of sp³-hybridized carbons (Fsp3) is 0.0588. The molecule has 0 saturated heterocycles. The van der Waals surface area contributed by atoms with Gasteiger partial charge in [0.05, 0.1) is 0 Å². The summed E-state index contributed by atoms with van der Waals surface area (Å²) in [6.07, 6.45) is 0. The normalized spacial score (nSPS) is 11.2. The Morgan fingerprint density at radius 3 is 1.78 bits per heavy atom. The molecule has 0 N–H and O–H groups in total. The van der Waals surface area contributed by atoms with E-state index in [-0.39, 0.29) is 0 Å². The minimum atomic E-state index is -3.60. The third-order valence-corrected chi connectivity index (χ3v) is 10.9. The van der Waals surface area contributed by atoms with Crippen molar-refractivity contribution in [1.82, 2.24) is 9.97 Å². The monoisotopic (exact) mass is 610 g/mol. The summed E-state index contributed by atoms with van der Waals surface area (Å²) in [4.78, 5) is 10.6. The molecule has 0 bridgehead atoms.